The number of aromatic nitrogens is 3. The van der Waals surface area contributed by atoms with Crippen molar-refractivity contribution in [1.29, 1.82) is 0 Å². The number of nitrogens with zero attached hydrogens (tertiary/aromatic N) is 3. The molecule has 2 aromatic rings. The summed E-state index contributed by atoms with van der Waals surface area (Å²) in [5, 5.41) is 4.49. The van der Waals surface area contributed by atoms with Gasteiger partial charge in [0.25, 0.3) is 0 Å². The first kappa shape index (κ1) is 7.64. The van der Waals surface area contributed by atoms with Crippen molar-refractivity contribution in [3.05, 3.63) is 22.6 Å². The number of rotatable bonds is 0. The molecule has 2 aromatic heterocycles. The Morgan fingerprint density at radius 2 is 2.17 bits per heavy atom. The molecule has 0 atom stereocenters. The average molecular weight is 203 g/mol. The highest BCUT2D eigenvalue weighted by Crippen LogP contribution is 2.22. The van der Waals surface area contributed by atoms with Crippen molar-refractivity contribution >= 4 is 34.5 Å². The maximum atomic E-state index is 5.81. The van der Waals surface area contributed by atoms with Gasteiger partial charge >= 0.3 is 0 Å². The van der Waals surface area contributed by atoms with Gasteiger partial charge in [0.1, 0.15) is 5.52 Å². The van der Waals surface area contributed by atoms with Crippen LogP contribution in [-0.4, -0.2) is 14.6 Å². The van der Waals surface area contributed by atoms with E-state index in [0.717, 1.165) is 0 Å². The maximum absolute atomic E-state index is 5.81. The molecule has 2 heterocycles. The van der Waals surface area contributed by atoms with Crippen molar-refractivity contribution in [3.63, 3.8) is 0 Å². The molecule has 0 fully saturated rings. The lowest BCUT2D eigenvalue weighted by Crippen LogP contribution is -1.99. The summed E-state index contributed by atoms with van der Waals surface area (Å²) in [6.07, 6.45) is 1.67. The first-order valence-electron chi connectivity index (χ1n) is 3.14. The number of fused-ring (bicyclic) bond motifs is 1. The minimum absolute atomic E-state index is 0.104. The smallest absolute Gasteiger partial charge is 0.243 e. The van der Waals surface area contributed by atoms with Crippen molar-refractivity contribution in [2.24, 2.45) is 0 Å². The third-order valence-corrected chi connectivity index (χ3v) is 1.93. The number of halogens is 2. The van der Waals surface area contributed by atoms with Crippen LogP contribution in [0.15, 0.2) is 12.3 Å². The number of nitrogen functional groups attached to an aromatic ring is 1. The molecule has 0 aromatic carbocycles. The molecule has 0 spiro atoms. The predicted octanol–water partition coefficient (Wildman–Crippen LogP) is 1.62. The summed E-state index contributed by atoms with van der Waals surface area (Å²) in [4.78, 5) is 3.76. The van der Waals surface area contributed by atoms with Crippen molar-refractivity contribution in [2.45, 2.75) is 0 Å². The fourth-order valence-corrected chi connectivity index (χ4v) is 1.40. The highest BCUT2D eigenvalue weighted by atomic mass is 35.5. The predicted molar refractivity (Wildman–Crippen MR) is 47.4 cm³/mol. The Morgan fingerprint density at radius 1 is 1.42 bits per heavy atom. The molecular weight excluding hydrogens is 199 g/mol. The van der Waals surface area contributed by atoms with Crippen LogP contribution in [0.25, 0.3) is 5.52 Å². The molecule has 6 heteroatoms. The topological polar surface area (TPSA) is 56.2 Å². The summed E-state index contributed by atoms with van der Waals surface area (Å²) in [5.74, 6) is 0.282. The highest BCUT2D eigenvalue weighted by Gasteiger charge is 2.06. The fraction of sp³-hybridized carbons (Fsp3) is 0. The number of anilines is 1. The molecule has 2 rings (SSSR count). The molecule has 0 amide bonds. The third kappa shape index (κ3) is 1.00. The zero-order valence-electron chi connectivity index (χ0n) is 5.83. The molecule has 0 aliphatic heterocycles. The summed E-state index contributed by atoms with van der Waals surface area (Å²) in [5.41, 5.74) is 6.15. The van der Waals surface area contributed by atoms with E-state index in [1.807, 2.05) is 0 Å². The first-order valence-corrected chi connectivity index (χ1v) is 3.90. The summed E-state index contributed by atoms with van der Waals surface area (Å²) in [6.45, 7) is 0. The van der Waals surface area contributed by atoms with Crippen molar-refractivity contribution < 1.29 is 0 Å². The van der Waals surface area contributed by atoms with E-state index in [1.165, 1.54) is 4.52 Å². The van der Waals surface area contributed by atoms with E-state index in [2.05, 4.69) is 10.1 Å². The van der Waals surface area contributed by atoms with E-state index >= 15 is 0 Å². The summed E-state index contributed by atoms with van der Waals surface area (Å²) in [7, 11) is 0. The van der Waals surface area contributed by atoms with Crippen LogP contribution in [0.2, 0.25) is 10.3 Å². The van der Waals surface area contributed by atoms with Gasteiger partial charge in [-0.25, -0.2) is 4.52 Å². The van der Waals surface area contributed by atoms with Crippen LogP contribution in [-0.2, 0) is 0 Å². The molecule has 2 N–H and O–H groups in total. The average Bonchev–Trinajstić information content (AvgIpc) is 2.31. The van der Waals surface area contributed by atoms with E-state index in [1.54, 1.807) is 12.3 Å². The van der Waals surface area contributed by atoms with E-state index < -0.39 is 0 Å². The summed E-state index contributed by atoms with van der Waals surface area (Å²) in [6, 6.07) is 1.68. The van der Waals surface area contributed by atoms with Crippen LogP contribution in [0.3, 0.4) is 0 Å². The Bertz CT molecular complexity index is 436. The van der Waals surface area contributed by atoms with Gasteiger partial charge in [-0.15, -0.1) is 5.10 Å². The van der Waals surface area contributed by atoms with Gasteiger partial charge < -0.3 is 5.73 Å². The molecule has 0 aliphatic carbocycles. The molecule has 0 bridgehead atoms. The molecule has 0 unspecified atom stereocenters. The van der Waals surface area contributed by atoms with Gasteiger partial charge in [0.15, 0.2) is 5.82 Å². The monoisotopic (exact) mass is 202 g/mol. The maximum Gasteiger partial charge on any atom is 0.243 e. The van der Waals surface area contributed by atoms with E-state index in [4.69, 9.17) is 28.9 Å². The van der Waals surface area contributed by atoms with Gasteiger partial charge in [0.2, 0.25) is 5.28 Å². The number of hydrogen-bond donors (Lipinski definition) is 1. The number of nitrogens with two attached hydrogens (primary N) is 1. The second kappa shape index (κ2) is 2.50. The normalized spacial score (nSPS) is 10.8. The van der Waals surface area contributed by atoms with E-state index in [9.17, 15) is 0 Å². The molecule has 0 saturated heterocycles. The molecule has 0 aliphatic rings. The fourth-order valence-electron chi connectivity index (χ4n) is 0.986. The minimum Gasteiger partial charge on any atom is -0.382 e. The van der Waals surface area contributed by atoms with Crippen molar-refractivity contribution in [1.82, 2.24) is 14.6 Å². The van der Waals surface area contributed by atoms with Crippen LogP contribution in [0.5, 0.6) is 0 Å². The van der Waals surface area contributed by atoms with Crippen molar-refractivity contribution in [2.75, 3.05) is 5.73 Å². The lowest BCUT2D eigenvalue weighted by atomic mass is 10.5. The zero-order valence-corrected chi connectivity index (χ0v) is 7.34. The Morgan fingerprint density at radius 3 is 2.92 bits per heavy atom. The standard InChI is InChI=1S/C6H4Cl2N4/c7-3-1-2-12-4(3)5(9)10-6(8)11-12/h1-2H,(H2,9,10,11). The molecule has 0 radical (unpaired) electrons. The molecule has 12 heavy (non-hydrogen) atoms. The molecule has 0 saturated carbocycles. The van der Waals surface area contributed by atoms with E-state index in [-0.39, 0.29) is 11.1 Å². The van der Waals surface area contributed by atoms with Gasteiger partial charge in [0, 0.05) is 6.20 Å². The Kier molecular flexibility index (Phi) is 1.59. The SMILES string of the molecule is Nc1nc(Cl)nn2ccc(Cl)c12. The van der Waals surface area contributed by atoms with Crippen LogP contribution < -0.4 is 5.73 Å². The van der Waals surface area contributed by atoms with Gasteiger partial charge in [-0.2, -0.15) is 4.98 Å². The Labute approximate surface area is 77.9 Å². The number of hydrogen-bond acceptors (Lipinski definition) is 3. The highest BCUT2D eigenvalue weighted by molar-refractivity contribution is 6.34. The minimum atomic E-state index is 0.104. The lowest BCUT2D eigenvalue weighted by molar-refractivity contribution is 0.909. The summed E-state index contributed by atoms with van der Waals surface area (Å²) >= 11 is 11.4. The second-order valence-electron chi connectivity index (χ2n) is 2.22. The first-order chi connectivity index (χ1) is 5.68. The van der Waals surface area contributed by atoms with Crippen molar-refractivity contribution in [3.8, 4) is 0 Å². The van der Waals surface area contributed by atoms with Crippen LogP contribution in [0.1, 0.15) is 0 Å². The Balaban J connectivity index is 2.93. The van der Waals surface area contributed by atoms with Crippen LogP contribution >= 0.6 is 23.2 Å². The van der Waals surface area contributed by atoms with E-state index in [0.29, 0.717) is 10.5 Å². The van der Waals surface area contributed by atoms with Gasteiger partial charge in [-0.05, 0) is 17.7 Å². The summed E-state index contributed by atoms with van der Waals surface area (Å²) < 4.78 is 1.49. The molecule has 62 valence electrons. The van der Waals surface area contributed by atoms with Crippen LogP contribution in [0.4, 0.5) is 5.82 Å². The Hall–Kier alpha value is -1.00. The quantitative estimate of drug-likeness (QED) is 0.707. The zero-order chi connectivity index (χ0) is 8.72. The van der Waals surface area contributed by atoms with Gasteiger partial charge in [-0.3, -0.25) is 0 Å². The third-order valence-electron chi connectivity index (χ3n) is 1.46. The largest absolute Gasteiger partial charge is 0.382 e. The molecular formula is C6H4Cl2N4. The lowest BCUT2D eigenvalue weighted by Gasteiger charge is -1.97. The van der Waals surface area contributed by atoms with Gasteiger partial charge in [0.05, 0.1) is 5.02 Å². The van der Waals surface area contributed by atoms with Gasteiger partial charge in [-0.1, -0.05) is 11.6 Å². The molecule has 4 nitrogen and oxygen atoms in total. The van der Waals surface area contributed by atoms with Crippen LogP contribution in [0, 0.1) is 0 Å². The second-order valence-corrected chi connectivity index (χ2v) is 2.97.